The van der Waals surface area contributed by atoms with E-state index in [0.717, 1.165) is 51.4 Å². The van der Waals surface area contributed by atoms with Crippen LogP contribution in [0.4, 0.5) is 17.6 Å². The van der Waals surface area contributed by atoms with Crippen LogP contribution in [-0.4, -0.2) is 47.9 Å². The van der Waals surface area contributed by atoms with E-state index in [1.54, 1.807) is 0 Å². The van der Waals surface area contributed by atoms with Crippen LogP contribution >= 0.6 is 0 Å². The lowest BCUT2D eigenvalue weighted by Crippen LogP contribution is -2.54. The lowest BCUT2D eigenvalue weighted by molar-refractivity contribution is -0.196. The minimum Gasteiger partial charge on any atom is -0.459 e. The van der Waals surface area contributed by atoms with Crippen molar-refractivity contribution in [3.05, 3.63) is 0 Å². The van der Waals surface area contributed by atoms with E-state index in [9.17, 15) is 35.9 Å². The molecule has 0 aromatic rings. The molecule has 38 heavy (non-hydrogen) atoms. The van der Waals surface area contributed by atoms with Gasteiger partial charge in [-0.2, -0.15) is 26.0 Å². The van der Waals surface area contributed by atoms with Gasteiger partial charge in [-0.1, -0.05) is 20.8 Å². The number of esters is 1. The van der Waals surface area contributed by atoms with Crippen LogP contribution in [0.3, 0.4) is 0 Å². The Morgan fingerprint density at radius 3 is 2.29 bits per heavy atom. The second-order valence-corrected chi connectivity index (χ2v) is 14.6. The van der Waals surface area contributed by atoms with Crippen LogP contribution < -0.4 is 0 Å². The molecule has 6 nitrogen and oxygen atoms in total. The van der Waals surface area contributed by atoms with Gasteiger partial charge in [-0.05, 0) is 111 Å². The molecular weight excluding hydrogens is 528 g/mol. The average molecular weight is 571 g/mol. The largest absolute Gasteiger partial charge is 0.459 e. The Hall–Kier alpha value is -0.940. The summed E-state index contributed by atoms with van der Waals surface area (Å²) in [4.78, 5) is 12.1. The smallest absolute Gasteiger partial charge is 0.435 e. The topological polar surface area (TPSA) is 101 Å². The van der Waals surface area contributed by atoms with Crippen molar-refractivity contribution < 1.29 is 45.2 Å². The summed E-state index contributed by atoms with van der Waals surface area (Å²) >= 11 is 0. The van der Waals surface area contributed by atoms with Gasteiger partial charge in [-0.3, -0.25) is 9.35 Å². The third kappa shape index (κ3) is 5.01. The molecule has 0 aliphatic heterocycles. The molecule has 0 aromatic heterocycles. The van der Waals surface area contributed by atoms with Gasteiger partial charge >= 0.3 is 27.3 Å². The van der Waals surface area contributed by atoms with Crippen molar-refractivity contribution in [1.29, 1.82) is 0 Å². The van der Waals surface area contributed by atoms with Crippen molar-refractivity contribution in [3.8, 4) is 0 Å². The highest BCUT2D eigenvalue weighted by Crippen LogP contribution is 2.68. The quantitative estimate of drug-likeness (QED) is 0.208. The van der Waals surface area contributed by atoms with Crippen LogP contribution in [0.2, 0.25) is 0 Å². The number of halogens is 4. The zero-order valence-corrected chi connectivity index (χ0v) is 23.3. The summed E-state index contributed by atoms with van der Waals surface area (Å²) in [5, 5.41) is 4.48. The molecule has 4 aliphatic carbocycles. The van der Waals surface area contributed by atoms with Gasteiger partial charge in [0.25, 0.3) is 0 Å². The van der Waals surface area contributed by atoms with E-state index in [4.69, 9.17) is 4.55 Å². The number of rotatable bonds is 8. The van der Waals surface area contributed by atoms with Crippen LogP contribution in [0.15, 0.2) is 0 Å². The highest BCUT2D eigenvalue weighted by atomic mass is 32.2. The number of fused-ring (bicyclic) bond motifs is 5. The van der Waals surface area contributed by atoms with Gasteiger partial charge in [0.15, 0.2) is 6.61 Å². The second kappa shape index (κ2) is 10.2. The standard InChI is InChI=1S/C27H42F4O6S/c1-16(4-9-23(33)37-15-26(28,29)27(30,31)38(34,35)36)20-7-8-21-19-6-5-17-14-18(32)10-12-24(17,2)22(19)11-13-25(20,21)3/h16-22,32H,4-15H2,1-3H3,(H,34,35,36)/t16-,17-,18-,19+,20-,21+,22+,24+,25-/m1/s1. The lowest BCUT2D eigenvalue weighted by Gasteiger charge is -2.61. The molecule has 0 unspecified atom stereocenters. The molecule has 220 valence electrons. The van der Waals surface area contributed by atoms with Gasteiger partial charge < -0.3 is 9.84 Å². The maximum atomic E-state index is 13.6. The first kappa shape index (κ1) is 30.0. The third-order valence-electron chi connectivity index (χ3n) is 11.4. The fourth-order valence-corrected chi connectivity index (χ4v) is 9.71. The van der Waals surface area contributed by atoms with E-state index in [-0.39, 0.29) is 29.3 Å². The maximum absolute atomic E-state index is 13.6. The Balaban J connectivity index is 1.34. The van der Waals surface area contributed by atoms with Crippen molar-refractivity contribution >= 4 is 16.1 Å². The first-order valence-electron chi connectivity index (χ1n) is 14.0. The van der Waals surface area contributed by atoms with E-state index in [2.05, 4.69) is 18.6 Å². The minimum absolute atomic E-state index is 0.102. The van der Waals surface area contributed by atoms with Gasteiger partial charge in [0.1, 0.15) is 0 Å². The SMILES string of the molecule is C[C@H](CCC(=O)OCC(F)(F)C(F)(F)S(=O)(=O)O)[C@H]1CC[C@H]2[C@@H]3CC[C@@H]4C[C@H](O)CC[C@]4(C)[C@H]3CC[C@]12C. The normalized spacial score (nSPS) is 40.6. The number of hydrogen-bond donors (Lipinski definition) is 2. The van der Waals surface area contributed by atoms with Gasteiger partial charge in [-0.15, -0.1) is 0 Å². The number of aliphatic hydroxyl groups excluding tert-OH is 1. The summed E-state index contributed by atoms with van der Waals surface area (Å²) in [6, 6.07) is 0. The zero-order valence-electron chi connectivity index (χ0n) is 22.5. The van der Waals surface area contributed by atoms with E-state index in [0.29, 0.717) is 36.0 Å². The predicted octanol–water partition coefficient (Wildman–Crippen LogP) is 6.08. The summed E-state index contributed by atoms with van der Waals surface area (Å²) in [6.07, 6.45) is 9.58. The Bertz CT molecular complexity index is 1010. The molecule has 0 amide bonds. The van der Waals surface area contributed by atoms with Crippen molar-refractivity contribution in [2.75, 3.05) is 6.61 Å². The van der Waals surface area contributed by atoms with Crippen LogP contribution in [0.5, 0.6) is 0 Å². The average Bonchev–Trinajstić information content (AvgIpc) is 3.18. The van der Waals surface area contributed by atoms with E-state index >= 15 is 0 Å². The lowest BCUT2D eigenvalue weighted by atomic mass is 9.44. The number of carbonyl (C=O) groups excluding carboxylic acids is 1. The first-order valence-corrected chi connectivity index (χ1v) is 15.4. The summed E-state index contributed by atoms with van der Waals surface area (Å²) in [5.41, 5.74) is 0.400. The maximum Gasteiger partial charge on any atom is 0.435 e. The molecule has 0 saturated heterocycles. The Kier molecular flexibility index (Phi) is 8.03. The summed E-state index contributed by atoms with van der Waals surface area (Å²) in [6.45, 7) is 4.71. The second-order valence-electron chi connectivity index (χ2n) is 13.2. The Morgan fingerprint density at radius 2 is 1.63 bits per heavy atom. The van der Waals surface area contributed by atoms with E-state index in [1.165, 1.54) is 6.42 Å². The van der Waals surface area contributed by atoms with Crippen LogP contribution in [0.25, 0.3) is 0 Å². The van der Waals surface area contributed by atoms with Gasteiger partial charge in [-0.25, -0.2) is 0 Å². The monoisotopic (exact) mass is 570 g/mol. The summed E-state index contributed by atoms with van der Waals surface area (Å²) < 4.78 is 87.9. The molecule has 9 atom stereocenters. The van der Waals surface area contributed by atoms with Gasteiger partial charge in [0, 0.05) is 6.42 Å². The number of ether oxygens (including phenoxy) is 1. The molecule has 11 heteroatoms. The molecule has 0 spiro atoms. The number of carbonyl (C=O) groups is 1. The van der Waals surface area contributed by atoms with E-state index in [1.807, 2.05) is 6.92 Å². The van der Waals surface area contributed by atoms with Gasteiger partial charge in [0.05, 0.1) is 6.10 Å². The molecule has 2 N–H and O–H groups in total. The van der Waals surface area contributed by atoms with Crippen LogP contribution in [0.1, 0.15) is 91.4 Å². The number of aliphatic hydroxyl groups is 1. The predicted molar refractivity (Wildman–Crippen MR) is 132 cm³/mol. The molecule has 0 aromatic carbocycles. The minimum atomic E-state index is -6.37. The zero-order chi connectivity index (χ0) is 28.3. The first-order chi connectivity index (χ1) is 17.4. The molecular formula is C27H42F4O6S. The molecule has 4 saturated carbocycles. The van der Waals surface area contributed by atoms with Gasteiger partial charge in [0.2, 0.25) is 0 Å². The highest BCUT2D eigenvalue weighted by molar-refractivity contribution is 7.87. The van der Waals surface area contributed by atoms with Crippen LogP contribution in [0, 0.1) is 46.3 Å². The fourth-order valence-electron chi connectivity index (χ4n) is 9.27. The van der Waals surface area contributed by atoms with Crippen molar-refractivity contribution in [3.63, 3.8) is 0 Å². The van der Waals surface area contributed by atoms with Crippen molar-refractivity contribution in [1.82, 2.24) is 0 Å². The Morgan fingerprint density at radius 1 is 1.00 bits per heavy atom. The summed E-state index contributed by atoms with van der Waals surface area (Å²) in [5.74, 6) is -3.40. The molecule has 4 aliphatic rings. The fraction of sp³-hybridized carbons (Fsp3) is 0.963. The number of alkyl halides is 4. The van der Waals surface area contributed by atoms with Crippen LogP contribution in [-0.2, 0) is 19.6 Å². The number of hydrogen-bond acceptors (Lipinski definition) is 5. The molecule has 0 heterocycles. The highest BCUT2D eigenvalue weighted by Gasteiger charge is 2.66. The molecule has 0 bridgehead atoms. The summed E-state index contributed by atoms with van der Waals surface area (Å²) in [7, 11) is -6.37. The van der Waals surface area contributed by atoms with Crippen molar-refractivity contribution in [2.45, 2.75) is 109 Å². The van der Waals surface area contributed by atoms with E-state index < -0.39 is 33.9 Å². The molecule has 4 rings (SSSR count). The van der Waals surface area contributed by atoms with Crippen molar-refractivity contribution in [2.24, 2.45) is 46.3 Å². The molecule has 4 fully saturated rings. The molecule has 0 radical (unpaired) electrons. The third-order valence-corrected chi connectivity index (χ3v) is 12.3. The Labute approximate surface area is 223 Å².